The molecular weight excluding hydrogens is 382 g/mol. The molecule has 1 aromatic rings. The SMILES string of the molecule is CC(C)[C@H]1C(=O)N(S(C)(=O)=O)C2=CCN(C(=O)c3cc(CN(C)C)n(C)n3)[C@@H]21. The molecule has 10 heteroatoms. The molecule has 1 fully saturated rings. The van der Waals surface area contributed by atoms with Gasteiger partial charge in [-0.1, -0.05) is 13.8 Å². The van der Waals surface area contributed by atoms with E-state index in [0.717, 1.165) is 16.3 Å². The molecule has 1 aromatic heterocycles. The summed E-state index contributed by atoms with van der Waals surface area (Å²) in [5.74, 6) is -1.49. The van der Waals surface area contributed by atoms with E-state index in [1.807, 2.05) is 32.8 Å². The van der Waals surface area contributed by atoms with Gasteiger partial charge in [0, 0.05) is 20.1 Å². The van der Waals surface area contributed by atoms with Crippen molar-refractivity contribution in [2.24, 2.45) is 18.9 Å². The summed E-state index contributed by atoms with van der Waals surface area (Å²) in [5.41, 5.74) is 1.56. The lowest BCUT2D eigenvalue weighted by Crippen LogP contribution is -2.43. The molecule has 2 amide bonds. The van der Waals surface area contributed by atoms with Gasteiger partial charge in [-0.25, -0.2) is 12.7 Å². The van der Waals surface area contributed by atoms with Crippen molar-refractivity contribution in [3.8, 4) is 0 Å². The molecule has 0 aromatic carbocycles. The number of sulfonamides is 1. The van der Waals surface area contributed by atoms with Crippen LogP contribution in [0, 0.1) is 11.8 Å². The summed E-state index contributed by atoms with van der Waals surface area (Å²) in [6.07, 6.45) is 2.68. The van der Waals surface area contributed by atoms with Crippen molar-refractivity contribution >= 4 is 21.8 Å². The van der Waals surface area contributed by atoms with Crippen molar-refractivity contribution in [3.63, 3.8) is 0 Å². The van der Waals surface area contributed by atoms with Crippen LogP contribution in [0.25, 0.3) is 0 Å². The maximum absolute atomic E-state index is 13.2. The number of amides is 2. The summed E-state index contributed by atoms with van der Waals surface area (Å²) >= 11 is 0. The standard InChI is InChI=1S/C18H27N5O4S/c1-11(2)15-16-14(23(18(15)25)28(6,26)27)7-8-22(16)17(24)13-9-12(10-20(3)4)21(5)19-13/h7,9,11,15-16H,8,10H2,1-6H3/t15-,16+/m1/s1. The molecule has 1 saturated heterocycles. The highest BCUT2D eigenvalue weighted by Gasteiger charge is 2.55. The Hall–Kier alpha value is -2.20. The molecule has 9 nitrogen and oxygen atoms in total. The van der Waals surface area contributed by atoms with Crippen molar-refractivity contribution in [1.82, 2.24) is 23.9 Å². The number of aromatic nitrogens is 2. The molecule has 0 aliphatic carbocycles. The number of hydrogen-bond acceptors (Lipinski definition) is 6. The second-order valence-corrected chi connectivity index (χ2v) is 9.88. The van der Waals surface area contributed by atoms with E-state index in [-0.39, 0.29) is 18.4 Å². The predicted octanol–water partition coefficient (Wildman–Crippen LogP) is 0.264. The molecule has 0 bridgehead atoms. The average molecular weight is 410 g/mol. The third-order valence-corrected chi connectivity index (χ3v) is 6.23. The summed E-state index contributed by atoms with van der Waals surface area (Å²) in [5, 5.41) is 4.34. The van der Waals surface area contributed by atoms with Crippen molar-refractivity contribution in [3.05, 3.63) is 29.2 Å². The molecule has 0 N–H and O–H groups in total. The van der Waals surface area contributed by atoms with Gasteiger partial charge in [0.1, 0.15) is 0 Å². The van der Waals surface area contributed by atoms with Gasteiger partial charge in [0.25, 0.3) is 5.91 Å². The number of aryl methyl sites for hydroxylation is 1. The zero-order chi connectivity index (χ0) is 21.0. The Morgan fingerprint density at radius 2 is 2.00 bits per heavy atom. The van der Waals surface area contributed by atoms with Gasteiger partial charge >= 0.3 is 0 Å². The lowest BCUT2D eigenvalue weighted by Gasteiger charge is -2.28. The summed E-state index contributed by atoms with van der Waals surface area (Å²) in [4.78, 5) is 29.6. The van der Waals surface area contributed by atoms with E-state index in [2.05, 4.69) is 5.10 Å². The zero-order valence-electron chi connectivity index (χ0n) is 17.1. The minimum Gasteiger partial charge on any atom is -0.324 e. The molecule has 0 unspecified atom stereocenters. The molecule has 0 spiro atoms. The molecule has 28 heavy (non-hydrogen) atoms. The van der Waals surface area contributed by atoms with Crippen LogP contribution in [0.15, 0.2) is 17.8 Å². The van der Waals surface area contributed by atoms with Gasteiger partial charge in [0.2, 0.25) is 15.9 Å². The quantitative estimate of drug-likeness (QED) is 0.692. The number of carbonyl (C=O) groups is 2. The van der Waals surface area contributed by atoms with Crippen molar-refractivity contribution in [2.75, 3.05) is 26.9 Å². The van der Waals surface area contributed by atoms with E-state index in [9.17, 15) is 18.0 Å². The number of carbonyl (C=O) groups excluding carboxylic acids is 2. The second-order valence-electron chi connectivity index (χ2n) is 8.05. The second kappa shape index (κ2) is 7.00. The van der Waals surface area contributed by atoms with Crippen LogP contribution in [-0.4, -0.2) is 77.1 Å². The van der Waals surface area contributed by atoms with Crippen LogP contribution in [0.1, 0.15) is 30.0 Å². The van der Waals surface area contributed by atoms with E-state index < -0.39 is 27.9 Å². The Morgan fingerprint density at radius 3 is 2.54 bits per heavy atom. The monoisotopic (exact) mass is 409 g/mol. The van der Waals surface area contributed by atoms with Crippen LogP contribution in [-0.2, 0) is 28.4 Å². The molecule has 154 valence electrons. The first-order valence-corrected chi connectivity index (χ1v) is 11.0. The molecular formula is C18H27N5O4S. The van der Waals surface area contributed by atoms with Gasteiger partial charge in [-0.05, 0) is 32.2 Å². The van der Waals surface area contributed by atoms with E-state index in [4.69, 9.17) is 0 Å². The molecule has 2 atom stereocenters. The Labute approximate surface area is 165 Å². The highest BCUT2D eigenvalue weighted by molar-refractivity contribution is 7.89. The van der Waals surface area contributed by atoms with Crippen molar-refractivity contribution in [2.45, 2.75) is 26.4 Å². The van der Waals surface area contributed by atoms with Gasteiger partial charge in [0.15, 0.2) is 5.69 Å². The lowest BCUT2D eigenvalue weighted by atomic mass is 9.89. The first-order chi connectivity index (χ1) is 12.9. The van der Waals surface area contributed by atoms with Crippen LogP contribution >= 0.6 is 0 Å². The van der Waals surface area contributed by atoms with Gasteiger partial charge < -0.3 is 9.80 Å². The number of hydrogen-bond donors (Lipinski definition) is 0. The fourth-order valence-corrected chi connectivity index (χ4v) is 5.02. The van der Waals surface area contributed by atoms with Gasteiger partial charge in [-0.15, -0.1) is 0 Å². The zero-order valence-corrected chi connectivity index (χ0v) is 17.9. The van der Waals surface area contributed by atoms with Crippen LogP contribution in [0.4, 0.5) is 0 Å². The Balaban J connectivity index is 1.95. The van der Waals surface area contributed by atoms with Crippen LogP contribution in [0.2, 0.25) is 0 Å². The largest absolute Gasteiger partial charge is 0.324 e. The first kappa shape index (κ1) is 20.5. The highest BCUT2D eigenvalue weighted by Crippen LogP contribution is 2.41. The molecule has 3 heterocycles. The van der Waals surface area contributed by atoms with E-state index in [0.29, 0.717) is 17.9 Å². The Morgan fingerprint density at radius 1 is 1.36 bits per heavy atom. The van der Waals surface area contributed by atoms with Crippen LogP contribution in [0.3, 0.4) is 0 Å². The Kier molecular flexibility index (Phi) is 5.13. The number of nitrogens with zero attached hydrogens (tertiary/aromatic N) is 5. The van der Waals surface area contributed by atoms with Crippen LogP contribution < -0.4 is 0 Å². The highest BCUT2D eigenvalue weighted by atomic mass is 32.2. The normalized spacial score (nSPS) is 22.4. The summed E-state index contributed by atoms with van der Waals surface area (Å²) in [6, 6.07) is 1.16. The minimum atomic E-state index is -3.75. The molecule has 3 rings (SSSR count). The summed E-state index contributed by atoms with van der Waals surface area (Å²) < 4.78 is 26.9. The predicted molar refractivity (Wildman–Crippen MR) is 104 cm³/mol. The van der Waals surface area contributed by atoms with E-state index in [1.165, 1.54) is 0 Å². The van der Waals surface area contributed by atoms with Crippen molar-refractivity contribution < 1.29 is 18.0 Å². The minimum absolute atomic E-state index is 0.117. The molecule has 0 saturated carbocycles. The fraction of sp³-hybridized carbons (Fsp3) is 0.611. The Bertz CT molecular complexity index is 947. The van der Waals surface area contributed by atoms with E-state index in [1.54, 1.807) is 28.8 Å². The molecule has 2 aliphatic heterocycles. The number of fused-ring (bicyclic) bond motifs is 1. The third-order valence-electron chi connectivity index (χ3n) is 5.18. The van der Waals surface area contributed by atoms with Crippen molar-refractivity contribution in [1.29, 1.82) is 0 Å². The maximum Gasteiger partial charge on any atom is 0.275 e. The molecule has 0 radical (unpaired) electrons. The lowest BCUT2D eigenvalue weighted by molar-refractivity contribution is -0.128. The van der Waals surface area contributed by atoms with E-state index >= 15 is 0 Å². The van der Waals surface area contributed by atoms with Gasteiger partial charge in [-0.3, -0.25) is 14.3 Å². The van der Waals surface area contributed by atoms with Gasteiger partial charge in [-0.2, -0.15) is 5.10 Å². The smallest absolute Gasteiger partial charge is 0.275 e. The fourth-order valence-electron chi connectivity index (χ4n) is 4.01. The maximum atomic E-state index is 13.2. The summed E-state index contributed by atoms with van der Waals surface area (Å²) in [6.45, 7) is 4.62. The first-order valence-electron chi connectivity index (χ1n) is 9.16. The summed E-state index contributed by atoms with van der Waals surface area (Å²) in [7, 11) is 1.90. The third kappa shape index (κ3) is 3.35. The molecule has 2 aliphatic rings. The number of rotatable bonds is 5. The van der Waals surface area contributed by atoms with Gasteiger partial charge in [0.05, 0.1) is 29.6 Å². The average Bonchev–Trinajstić information content (AvgIpc) is 3.17. The topological polar surface area (TPSA) is 95.8 Å². The van der Waals surface area contributed by atoms with Crippen LogP contribution in [0.5, 0.6) is 0 Å².